The first-order valence-electron chi connectivity index (χ1n) is 8.25. The predicted molar refractivity (Wildman–Crippen MR) is 92.3 cm³/mol. The molecule has 1 heterocycles. The highest BCUT2D eigenvalue weighted by molar-refractivity contribution is 6.30. The topological polar surface area (TPSA) is 23.6 Å². The van der Waals surface area contributed by atoms with Gasteiger partial charge in [0.25, 0.3) is 0 Å². The molecule has 1 aromatic carbocycles. The van der Waals surface area contributed by atoms with Gasteiger partial charge in [-0.25, -0.2) is 0 Å². The standard InChI is InChI=1S/C18H27ClN2O/c1-20(2)17-6-4-13-21(14-12-17)18(22)7-3-5-15-8-10-16(19)11-9-15/h8-11,17H,3-7,12-14H2,1-2H3/t17-/m1/s1. The highest BCUT2D eigenvalue weighted by Crippen LogP contribution is 2.16. The lowest BCUT2D eigenvalue weighted by atomic mass is 10.1. The first-order valence-corrected chi connectivity index (χ1v) is 8.62. The number of carbonyl (C=O) groups is 1. The summed E-state index contributed by atoms with van der Waals surface area (Å²) in [6.07, 6.45) is 5.91. The number of aryl methyl sites for hydroxylation is 1. The Morgan fingerprint density at radius 2 is 1.95 bits per heavy atom. The molecule has 22 heavy (non-hydrogen) atoms. The zero-order valence-corrected chi connectivity index (χ0v) is 14.5. The van der Waals surface area contributed by atoms with Gasteiger partial charge in [0.15, 0.2) is 0 Å². The largest absolute Gasteiger partial charge is 0.343 e. The van der Waals surface area contributed by atoms with Crippen molar-refractivity contribution in [1.82, 2.24) is 9.80 Å². The van der Waals surface area contributed by atoms with Crippen molar-refractivity contribution in [3.05, 3.63) is 34.9 Å². The zero-order chi connectivity index (χ0) is 15.9. The summed E-state index contributed by atoms with van der Waals surface area (Å²) in [5, 5.41) is 0.764. The SMILES string of the molecule is CN(C)[C@@H]1CCCN(C(=O)CCCc2ccc(Cl)cc2)CC1. The Balaban J connectivity index is 1.74. The molecule has 1 atom stereocenters. The molecule has 1 aliphatic rings. The number of nitrogens with zero attached hydrogens (tertiary/aromatic N) is 2. The number of carbonyl (C=O) groups excluding carboxylic acids is 1. The first kappa shape index (κ1) is 17.3. The number of benzene rings is 1. The van der Waals surface area contributed by atoms with Gasteiger partial charge in [-0.3, -0.25) is 4.79 Å². The van der Waals surface area contributed by atoms with Crippen molar-refractivity contribution < 1.29 is 4.79 Å². The third kappa shape index (κ3) is 5.29. The maximum absolute atomic E-state index is 12.4. The van der Waals surface area contributed by atoms with Crippen molar-refractivity contribution in [1.29, 1.82) is 0 Å². The third-order valence-corrected chi connectivity index (χ3v) is 4.80. The van der Waals surface area contributed by atoms with Crippen LogP contribution >= 0.6 is 11.6 Å². The Hall–Kier alpha value is -1.06. The third-order valence-electron chi connectivity index (χ3n) is 4.55. The van der Waals surface area contributed by atoms with Crippen molar-refractivity contribution in [2.45, 2.75) is 44.6 Å². The van der Waals surface area contributed by atoms with Crippen LogP contribution in [0.3, 0.4) is 0 Å². The van der Waals surface area contributed by atoms with Gasteiger partial charge >= 0.3 is 0 Å². The van der Waals surface area contributed by atoms with E-state index in [1.54, 1.807) is 0 Å². The molecule has 0 aromatic heterocycles. The molecule has 1 amide bonds. The second kappa shape index (κ2) is 8.54. The van der Waals surface area contributed by atoms with Crippen LogP contribution in [0, 0.1) is 0 Å². The molecule has 1 aromatic rings. The van der Waals surface area contributed by atoms with Crippen LogP contribution in [0.5, 0.6) is 0 Å². The minimum Gasteiger partial charge on any atom is -0.343 e. The summed E-state index contributed by atoms with van der Waals surface area (Å²) in [5.41, 5.74) is 1.25. The summed E-state index contributed by atoms with van der Waals surface area (Å²) < 4.78 is 0. The Labute approximate surface area is 139 Å². The van der Waals surface area contributed by atoms with Crippen molar-refractivity contribution in [3.8, 4) is 0 Å². The summed E-state index contributed by atoms with van der Waals surface area (Å²) in [6, 6.07) is 8.52. The lowest BCUT2D eigenvalue weighted by Gasteiger charge is -2.23. The summed E-state index contributed by atoms with van der Waals surface area (Å²) in [4.78, 5) is 16.7. The number of amides is 1. The van der Waals surface area contributed by atoms with Crippen LogP contribution in [-0.2, 0) is 11.2 Å². The molecule has 0 bridgehead atoms. The predicted octanol–water partition coefficient (Wildman–Crippen LogP) is 3.61. The number of rotatable bonds is 5. The average Bonchev–Trinajstić information content (AvgIpc) is 2.75. The van der Waals surface area contributed by atoms with Gasteiger partial charge in [0, 0.05) is 30.6 Å². The van der Waals surface area contributed by atoms with Crippen LogP contribution in [0.25, 0.3) is 0 Å². The van der Waals surface area contributed by atoms with Gasteiger partial charge in [-0.15, -0.1) is 0 Å². The lowest BCUT2D eigenvalue weighted by molar-refractivity contribution is -0.131. The molecular weight excluding hydrogens is 296 g/mol. The Morgan fingerprint density at radius 3 is 2.64 bits per heavy atom. The highest BCUT2D eigenvalue weighted by atomic mass is 35.5. The summed E-state index contributed by atoms with van der Waals surface area (Å²) in [7, 11) is 4.27. The van der Waals surface area contributed by atoms with E-state index >= 15 is 0 Å². The maximum atomic E-state index is 12.4. The van der Waals surface area contributed by atoms with E-state index in [2.05, 4.69) is 23.9 Å². The number of hydrogen-bond acceptors (Lipinski definition) is 2. The molecule has 1 saturated heterocycles. The normalized spacial score (nSPS) is 19.3. The van der Waals surface area contributed by atoms with Crippen molar-refractivity contribution >= 4 is 17.5 Å². The van der Waals surface area contributed by atoms with Crippen LogP contribution in [0.15, 0.2) is 24.3 Å². The molecule has 0 unspecified atom stereocenters. The van der Waals surface area contributed by atoms with Gasteiger partial charge in [-0.1, -0.05) is 23.7 Å². The fraction of sp³-hybridized carbons (Fsp3) is 0.611. The first-order chi connectivity index (χ1) is 10.6. The van der Waals surface area contributed by atoms with Crippen molar-refractivity contribution in [2.24, 2.45) is 0 Å². The summed E-state index contributed by atoms with van der Waals surface area (Å²) >= 11 is 5.88. The van der Waals surface area contributed by atoms with Crippen molar-refractivity contribution in [2.75, 3.05) is 27.2 Å². The van der Waals surface area contributed by atoms with E-state index in [0.29, 0.717) is 18.4 Å². The monoisotopic (exact) mass is 322 g/mol. The molecule has 0 N–H and O–H groups in total. The maximum Gasteiger partial charge on any atom is 0.222 e. The Morgan fingerprint density at radius 1 is 1.23 bits per heavy atom. The van der Waals surface area contributed by atoms with Crippen LogP contribution in [0.2, 0.25) is 5.02 Å². The number of hydrogen-bond donors (Lipinski definition) is 0. The minimum atomic E-state index is 0.313. The molecule has 0 aliphatic carbocycles. The highest BCUT2D eigenvalue weighted by Gasteiger charge is 2.21. The van der Waals surface area contributed by atoms with Gasteiger partial charge in [0.2, 0.25) is 5.91 Å². The molecule has 0 radical (unpaired) electrons. The van der Waals surface area contributed by atoms with Crippen LogP contribution in [0.1, 0.15) is 37.7 Å². The van der Waals surface area contributed by atoms with Crippen LogP contribution in [-0.4, -0.2) is 48.9 Å². The molecular formula is C18H27ClN2O. The smallest absolute Gasteiger partial charge is 0.222 e. The van der Waals surface area contributed by atoms with Gasteiger partial charge in [-0.2, -0.15) is 0 Å². The fourth-order valence-electron chi connectivity index (χ4n) is 3.10. The van der Waals surface area contributed by atoms with E-state index in [1.165, 1.54) is 12.0 Å². The molecule has 4 heteroatoms. The molecule has 122 valence electrons. The van der Waals surface area contributed by atoms with Gasteiger partial charge in [0.05, 0.1) is 0 Å². The van der Waals surface area contributed by atoms with E-state index < -0.39 is 0 Å². The van der Waals surface area contributed by atoms with Gasteiger partial charge in [0.1, 0.15) is 0 Å². The van der Waals surface area contributed by atoms with Crippen LogP contribution in [0.4, 0.5) is 0 Å². The van der Waals surface area contributed by atoms with E-state index in [4.69, 9.17) is 11.6 Å². The summed E-state index contributed by atoms with van der Waals surface area (Å²) in [6.45, 7) is 1.83. The molecule has 3 nitrogen and oxygen atoms in total. The van der Waals surface area contributed by atoms with Crippen LogP contribution < -0.4 is 0 Å². The lowest BCUT2D eigenvalue weighted by Crippen LogP contribution is -2.33. The zero-order valence-electron chi connectivity index (χ0n) is 13.7. The molecule has 0 spiro atoms. The van der Waals surface area contributed by atoms with E-state index in [1.807, 2.05) is 24.3 Å². The van der Waals surface area contributed by atoms with E-state index in [0.717, 1.165) is 43.8 Å². The van der Waals surface area contributed by atoms with Gasteiger partial charge in [-0.05, 0) is 63.9 Å². The molecule has 0 saturated carbocycles. The second-order valence-corrected chi connectivity index (χ2v) is 6.85. The molecule has 1 aliphatic heterocycles. The Kier molecular flexibility index (Phi) is 6.71. The van der Waals surface area contributed by atoms with E-state index in [-0.39, 0.29) is 0 Å². The minimum absolute atomic E-state index is 0.313. The second-order valence-electron chi connectivity index (χ2n) is 6.41. The molecule has 1 fully saturated rings. The van der Waals surface area contributed by atoms with Crippen molar-refractivity contribution in [3.63, 3.8) is 0 Å². The quantitative estimate of drug-likeness (QED) is 0.827. The average molecular weight is 323 g/mol. The fourth-order valence-corrected chi connectivity index (χ4v) is 3.22. The van der Waals surface area contributed by atoms with E-state index in [9.17, 15) is 4.79 Å². The number of halogens is 1. The summed E-state index contributed by atoms with van der Waals surface area (Å²) in [5.74, 6) is 0.313. The number of likely N-dealkylation sites (tertiary alicyclic amines) is 1. The van der Waals surface area contributed by atoms with Gasteiger partial charge < -0.3 is 9.80 Å². The Bertz CT molecular complexity index is 472. The molecule has 2 rings (SSSR count).